The fourth-order valence-corrected chi connectivity index (χ4v) is 2.63. The minimum Gasteiger partial charge on any atom is -0.372 e. The summed E-state index contributed by atoms with van der Waals surface area (Å²) in [5.41, 5.74) is 3.41. The molecule has 21 heavy (non-hydrogen) atoms. The Balaban J connectivity index is 2.81. The number of rotatable bonds is 8. The summed E-state index contributed by atoms with van der Waals surface area (Å²) in [6, 6.07) is 6.37. The number of hydrogen-bond donors (Lipinski definition) is 0. The van der Waals surface area contributed by atoms with Crippen LogP contribution in [0.5, 0.6) is 0 Å². The monoisotopic (exact) mass is 290 g/mol. The van der Waals surface area contributed by atoms with Gasteiger partial charge in [-0.15, -0.1) is 0 Å². The van der Waals surface area contributed by atoms with E-state index in [-0.39, 0.29) is 5.91 Å². The molecule has 0 aliphatic heterocycles. The molecular weight excluding hydrogens is 260 g/mol. The highest BCUT2D eigenvalue weighted by Gasteiger charge is 2.13. The minimum absolute atomic E-state index is 0.210. The number of unbranched alkanes of at least 4 members (excludes halogenated alkanes) is 2. The quantitative estimate of drug-likeness (QED) is 0.663. The molecule has 3 nitrogen and oxygen atoms in total. The van der Waals surface area contributed by atoms with Gasteiger partial charge in [0, 0.05) is 37.9 Å². The van der Waals surface area contributed by atoms with Crippen LogP contribution in [-0.2, 0) is 4.79 Å². The Bertz CT molecular complexity index is 453. The number of nitrogens with zero attached hydrogens (tertiary/aromatic N) is 2. The fraction of sp³-hybridized carbons (Fsp3) is 0.611. The lowest BCUT2D eigenvalue weighted by Crippen LogP contribution is -2.27. The number of carbonyl (C=O) groups is 1. The molecule has 0 fully saturated rings. The first-order valence-electron chi connectivity index (χ1n) is 8.17. The van der Waals surface area contributed by atoms with Crippen LogP contribution in [0.4, 0.5) is 11.4 Å². The highest BCUT2D eigenvalue weighted by Crippen LogP contribution is 2.25. The molecular formula is C18H30N2O. The van der Waals surface area contributed by atoms with Gasteiger partial charge >= 0.3 is 0 Å². The molecule has 0 aliphatic carbocycles. The van der Waals surface area contributed by atoms with Crippen molar-refractivity contribution in [1.82, 2.24) is 0 Å². The third kappa shape index (κ3) is 4.76. The van der Waals surface area contributed by atoms with Crippen LogP contribution < -0.4 is 9.80 Å². The number of benzene rings is 1. The zero-order chi connectivity index (χ0) is 15.8. The van der Waals surface area contributed by atoms with Crippen molar-refractivity contribution >= 4 is 17.3 Å². The third-order valence-corrected chi connectivity index (χ3v) is 4.04. The Morgan fingerprint density at radius 3 is 2.29 bits per heavy atom. The maximum absolute atomic E-state index is 12.2. The van der Waals surface area contributed by atoms with E-state index in [0.29, 0.717) is 6.42 Å². The molecule has 0 saturated heterocycles. The summed E-state index contributed by atoms with van der Waals surface area (Å²) in [5, 5.41) is 0. The van der Waals surface area contributed by atoms with Crippen LogP contribution in [0, 0.1) is 6.92 Å². The first-order valence-corrected chi connectivity index (χ1v) is 8.17. The molecule has 0 bridgehead atoms. The van der Waals surface area contributed by atoms with Gasteiger partial charge in [0.2, 0.25) is 5.91 Å². The molecule has 1 amide bonds. The summed E-state index contributed by atoms with van der Waals surface area (Å²) in [6.07, 6.45) is 3.89. The van der Waals surface area contributed by atoms with E-state index in [4.69, 9.17) is 0 Å². The minimum atomic E-state index is 0.210. The largest absolute Gasteiger partial charge is 0.372 e. The predicted octanol–water partition coefficient (Wildman–Crippen LogP) is 4.38. The Labute approximate surface area is 129 Å². The molecule has 0 spiro atoms. The van der Waals surface area contributed by atoms with Crippen molar-refractivity contribution in [2.24, 2.45) is 0 Å². The predicted molar refractivity (Wildman–Crippen MR) is 92.3 cm³/mol. The molecule has 0 unspecified atom stereocenters. The van der Waals surface area contributed by atoms with Gasteiger partial charge in [0.25, 0.3) is 0 Å². The molecule has 1 rings (SSSR count). The van der Waals surface area contributed by atoms with Crippen molar-refractivity contribution in [3.63, 3.8) is 0 Å². The molecule has 0 aromatic heterocycles. The van der Waals surface area contributed by atoms with Gasteiger partial charge in [0.05, 0.1) is 0 Å². The van der Waals surface area contributed by atoms with Gasteiger partial charge in [-0.25, -0.2) is 0 Å². The maximum atomic E-state index is 12.2. The van der Waals surface area contributed by atoms with E-state index in [1.54, 1.807) is 4.90 Å². The van der Waals surface area contributed by atoms with E-state index >= 15 is 0 Å². The molecule has 1 aromatic carbocycles. The van der Waals surface area contributed by atoms with E-state index in [2.05, 4.69) is 50.8 Å². The standard InChI is InChI=1S/C18H30N2O/c1-6-9-10-11-18(21)19(5)17-13-12-16(14-15(17)4)20(7-2)8-3/h12-14H,6-11H2,1-5H3. The molecule has 3 heteroatoms. The van der Waals surface area contributed by atoms with Gasteiger partial charge in [-0.05, 0) is 51.0 Å². The van der Waals surface area contributed by atoms with Crippen molar-refractivity contribution in [3.05, 3.63) is 23.8 Å². The zero-order valence-electron chi connectivity index (χ0n) is 14.3. The zero-order valence-corrected chi connectivity index (χ0v) is 14.3. The van der Waals surface area contributed by atoms with Crippen LogP contribution in [0.1, 0.15) is 52.0 Å². The van der Waals surface area contributed by atoms with Crippen molar-refractivity contribution in [1.29, 1.82) is 0 Å². The average molecular weight is 290 g/mol. The number of hydrogen-bond acceptors (Lipinski definition) is 2. The van der Waals surface area contributed by atoms with Crippen molar-refractivity contribution in [2.75, 3.05) is 29.9 Å². The van der Waals surface area contributed by atoms with Crippen LogP contribution in [0.2, 0.25) is 0 Å². The van der Waals surface area contributed by atoms with Gasteiger partial charge in [-0.2, -0.15) is 0 Å². The number of amides is 1. The SMILES string of the molecule is CCCCCC(=O)N(C)c1ccc(N(CC)CC)cc1C. The lowest BCUT2D eigenvalue weighted by Gasteiger charge is -2.24. The Morgan fingerprint density at radius 1 is 1.10 bits per heavy atom. The second kappa shape index (κ2) is 8.71. The Morgan fingerprint density at radius 2 is 1.76 bits per heavy atom. The van der Waals surface area contributed by atoms with Crippen LogP contribution in [0.25, 0.3) is 0 Å². The normalized spacial score (nSPS) is 10.5. The van der Waals surface area contributed by atoms with Gasteiger partial charge in [0.15, 0.2) is 0 Å². The van der Waals surface area contributed by atoms with Crippen LogP contribution in [0.3, 0.4) is 0 Å². The highest BCUT2D eigenvalue weighted by molar-refractivity contribution is 5.93. The van der Waals surface area contributed by atoms with Crippen molar-refractivity contribution < 1.29 is 4.79 Å². The van der Waals surface area contributed by atoms with E-state index in [1.807, 2.05) is 7.05 Å². The van der Waals surface area contributed by atoms with Crippen LogP contribution in [-0.4, -0.2) is 26.0 Å². The third-order valence-electron chi connectivity index (χ3n) is 4.04. The maximum Gasteiger partial charge on any atom is 0.226 e. The molecule has 0 N–H and O–H groups in total. The van der Waals surface area contributed by atoms with E-state index in [0.717, 1.165) is 43.6 Å². The topological polar surface area (TPSA) is 23.6 Å². The molecule has 0 atom stereocenters. The summed E-state index contributed by atoms with van der Waals surface area (Å²) in [4.78, 5) is 16.3. The smallest absolute Gasteiger partial charge is 0.226 e. The van der Waals surface area contributed by atoms with Crippen molar-refractivity contribution in [2.45, 2.75) is 53.4 Å². The van der Waals surface area contributed by atoms with Crippen LogP contribution in [0.15, 0.2) is 18.2 Å². The van der Waals surface area contributed by atoms with E-state index < -0.39 is 0 Å². The van der Waals surface area contributed by atoms with Crippen molar-refractivity contribution in [3.8, 4) is 0 Å². The average Bonchev–Trinajstić information content (AvgIpc) is 2.48. The number of carbonyl (C=O) groups excluding carboxylic acids is 1. The summed E-state index contributed by atoms with van der Waals surface area (Å²) in [5.74, 6) is 0.210. The summed E-state index contributed by atoms with van der Waals surface area (Å²) in [6.45, 7) is 10.6. The van der Waals surface area contributed by atoms with Crippen LogP contribution >= 0.6 is 0 Å². The number of aryl methyl sites for hydroxylation is 1. The van der Waals surface area contributed by atoms with Gasteiger partial charge in [-0.1, -0.05) is 19.8 Å². The van der Waals surface area contributed by atoms with E-state index in [9.17, 15) is 4.79 Å². The first kappa shape index (κ1) is 17.5. The lowest BCUT2D eigenvalue weighted by atomic mass is 10.1. The van der Waals surface area contributed by atoms with E-state index in [1.165, 1.54) is 5.69 Å². The first-order chi connectivity index (χ1) is 10.0. The second-order valence-electron chi connectivity index (χ2n) is 5.55. The molecule has 0 aliphatic rings. The van der Waals surface area contributed by atoms with Gasteiger partial charge in [0.1, 0.15) is 0 Å². The summed E-state index contributed by atoms with van der Waals surface area (Å²) < 4.78 is 0. The van der Waals surface area contributed by atoms with Gasteiger partial charge < -0.3 is 9.80 Å². The van der Waals surface area contributed by atoms with Gasteiger partial charge in [-0.3, -0.25) is 4.79 Å². The molecule has 1 aromatic rings. The Hall–Kier alpha value is -1.51. The Kier molecular flexibility index (Phi) is 7.27. The lowest BCUT2D eigenvalue weighted by molar-refractivity contribution is -0.118. The fourth-order valence-electron chi connectivity index (χ4n) is 2.63. The molecule has 0 radical (unpaired) electrons. The molecule has 118 valence electrons. The highest BCUT2D eigenvalue weighted by atomic mass is 16.2. The summed E-state index contributed by atoms with van der Waals surface area (Å²) in [7, 11) is 1.88. The summed E-state index contributed by atoms with van der Waals surface area (Å²) >= 11 is 0. The second-order valence-corrected chi connectivity index (χ2v) is 5.55. The molecule has 0 saturated carbocycles. The molecule has 0 heterocycles. The number of anilines is 2.